The molecule has 0 fully saturated rings. The lowest BCUT2D eigenvalue weighted by Gasteiger charge is -2.21. The summed E-state index contributed by atoms with van der Waals surface area (Å²) in [7, 11) is 0. The molecule has 19 heavy (non-hydrogen) atoms. The SMILES string of the molecule is CC(C)CCO[C@@H](c1ccc2c(c1)OCO2)[C@H](C)Br. The van der Waals surface area contributed by atoms with Crippen molar-refractivity contribution in [1.82, 2.24) is 0 Å². The van der Waals surface area contributed by atoms with Crippen LogP contribution in [0.4, 0.5) is 0 Å². The number of alkyl halides is 1. The number of hydrogen-bond donors (Lipinski definition) is 0. The standard InChI is InChI=1S/C15H21BrO3/c1-10(2)6-7-17-15(11(3)16)12-4-5-13-14(8-12)19-9-18-13/h4-5,8,10-11,15H,6-7,9H2,1-3H3/t11-,15+/m0/s1. The van der Waals surface area contributed by atoms with E-state index in [9.17, 15) is 0 Å². The molecule has 0 saturated carbocycles. The van der Waals surface area contributed by atoms with E-state index in [4.69, 9.17) is 14.2 Å². The van der Waals surface area contributed by atoms with E-state index in [2.05, 4.69) is 36.7 Å². The Labute approximate surface area is 123 Å². The monoisotopic (exact) mass is 328 g/mol. The number of hydrogen-bond acceptors (Lipinski definition) is 3. The van der Waals surface area contributed by atoms with Crippen molar-refractivity contribution in [3.8, 4) is 11.5 Å². The maximum absolute atomic E-state index is 6.02. The van der Waals surface area contributed by atoms with Gasteiger partial charge in [0.2, 0.25) is 6.79 Å². The van der Waals surface area contributed by atoms with E-state index in [-0.39, 0.29) is 10.9 Å². The third-order valence-electron chi connectivity index (χ3n) is 3.13. The number of halogens is 1. The van der Waals surface area contributed by atoms with Crippen molar-refractivity contribution in [2.45, 2.75) is 38.1 Å². The highest BCUT2D eigenvalue weighted by molar-refractivity contribution is 9.09. The highest BCUT2D eigenvalue weighted by atomic mass is 79.9. The molecule has 4 heteroatoms. The van der Waals surface area contributed by atoms with Gasteiger partial charge in [-0.1, -0.05) is 35.8 Å². The van der Waals surface area contributed by atoms with E-state index >= 15 is 0 Å². The average Bonchev–Trinajstić information content (AvgIpc) is 2.80. The van der Waals surface area contributed by atoms with Crippen LogP contribution < -0.4 is 9.47 Å². The van der Waals surface area contributed by atoms with Crippen LogP contribution in [0.1, 0.15) is 38.9 Å². The molecule has 1 aromatic carbocycles. The van der Waals surface area contributed by atoms with Crippen LogP contribution in [0.25, 0.3) is 0 Å². The minimum atomic E-state index is 0.0354. The first kappa shape index (κ1) is 14.7. The van der Waals surface area contributed by atoms with Gasteiger partial charge >= 0.3 is 0 Å². The van der Waals surface area contributed by atoms with Crippen LogP contribution in [0.2, 0.25) is 0 Å². The Bertz CT molecular complexity index is 418. The van der Waals surface area contributed by atoms with E-state index in [1.54, 1.807) is 0 Å². The van der Waals surface area contributed by atoms with Crippen LogP contribution in [0, 0.1) is 5.92 Å². The number of benzene rings is 1. The smallest absolute Gasteiger partial charge is 0.231 e. The average molecular weight is 329 g/mol. The fourth-order valence-corrected chi connectivity index (χ4v) is 2.47. The molecule has 0 radical (unpaired) electrons. The Kier molecular flexibility index (Phi) is 5.11. The van der Waals surface area contributed by atoms with E-state index in [1.165, 1.54) is 0 Å². The molecule has 0 bridgehead atoms. The lowest BCUT2D eigenvalue weighted by molar-refractivity contribution is 0.0480. The zero-order chi connectivity index (χ0) is 13.8. The summed E-state index contributed by atoms with van der Waals surface area (Å²) in [5.74, 6) is 2.28. The molecule has 0 spiro atoms. The Morgan fingerprint density at radius 2 is 1.95 bits per heavy atom. The summed E-state index contributed by atoms with van der Waals surface area (Å²) in [6.45, 7) is 7.59. The summed E-state index contributed by atoms with van der Waals surface area (Å²) >= 11 is 3.63. The molecule has 1 aliphatic heterocycles. The van der Waals surface area contributed by atoms with Crippen LogP contribution in [0.3, 0.4) is 0 Å². The van der Waals surface area contributed by atoms with Gasteiger partial charge in [0.15, 0.2) is 11.5 Å². The summed E-state index contributed by atoms with van der Waals surface area (Å²) in [6.07, 6.45) is 1.11. The fourth-order valence-electron chi connectivity index (χ4n) is 2.01. The highest BCUT2D eigenvalue weighted by Crippen LogP contribution is 2.36. The van der Waals surface area contributed by atoms with Crippen LogP contribution in [-0.4, -0.2) is 18.2 Å². The van der Waals surface area contributed by atoms with Gasteiger partial charge in [0.25, 0.3) is 0 Å². The quantitative estimate of drug-likeness (QED) is 0.728. The predicted molar refractivity (Wildman–Crippen MR) is 79.1 cm³/mol. The first-order valence-corrected chi connectivity index (χ1v) is 7.64. The van der Waals surface area contributed by atoms with Crippen molar-refractivity contribution in [3.63, 3.8) is 0 Å². The van der Waals surface area contributed by atoms with E-state index in [0.29, 0.717) is 12.7 Å². The fraction of sp³-hybridized carbons (Fsp3) is 0.600. The van der Waals surface area contributed by atoms with E-state index in [0.717, 1.165) is 30.1 Å². The Morgan fingerprint density at radius 3 is 2.63 bits per heavy atom. The molecular formula is C15H21BrO3. The van der Waals surface area contributed by atoms with Gasteiger partial charge in [0.1, 0.15) is 0 Å². The molecule has 1 aromatic rings. The van der Waals surface area contributed by atoms with Crippen molar-refractivity contribution in [2.75, 3.05) is 13.4 Å². The van der Waals surface area contributed by atoms with Crippen molar-refractivity contribution in [2.24, 2.45) is 5.92 Å². The van der Waals surface area contributed by atoms with Crippen molar-refractivity contribution in [1.29, 1.82) is 0 Å². The summed E-state index contributed by atoms with van der Waals surface area (Å²) in [6, 6.07) is 6.01. The molecule has 3 nitrogen and oxygen atoms in total. The molecule has 1 aliphatic rings. The maximum atomic E-state index is 6.02. The van der Waals surface area contributed by atoms with Gasteiger partial charge < -0.3 is 14.2 Å². The normalized spacial score (nSPS) is 16.7. The van der Waals surface area contributed by atoms with Gasteiger partial charge in [-0.15, -0.1) is 0 Å². The lowest BCUT2D eigenvalue weighted by atomic mass is 10.1. The van der Waals surface area contributed by atoms with E-state index < -0.39 is 0 Å². The number of ether oxygens (including phenoxy) is 3. The van der Waals surface area contributed by atoms with Crippen LogP contribution in [0.5, 0.6) is 11.5 Å². The van der Waals surface area contributed by atoms with Crippen molar-refractivity contribution >= 4 is 15.9 Å². The van der Waals surface area contributed by atoms with Crippen LogP contribution in [-0.2, 0) is 4.74 Å². The van der Waals surface area contributed by atoms with Gasteiger partial charge in [-0.25, -0.2) is 0 Å². The summed E-state index contributed by atoms with van der Waals surface area (Å²) in [5.41, 5.74) is 1.12. The summed E-state index contributed by atoms with van der Waals surface area (Å²) in [5, 5.41) is 0. The molecule has 106 valence electrons. The molecule has 1 heterocycles. The second-order valence-corrected chi connectivity index (χ2v) is 6.71. The predicted octanol–water partition coefficient (Wildman–Crippen LogP) is 4.30. The molecule has 2 atom stereocenters. The molecule has 0 saturated heterocycles. The van der Waals surface area contributed by atoms with Crippen LogP contribution >= 0.6 is 15.9 Å². The van der Waals surface area contributed by atoms with Gasteiger partial charge in [-0.3, -0.25) is 0 Å². The Hall–Kier alpha value is -0.740. The summed E-state index contributed by atoms with van der Waals surface area (Å²) < 4.78 is 16.8. The molecule has 0 aliphatic carbocycles. The largest absolute Gasteiger partial charge is 0.454 e. The first-order valence-electron chi connectivity index (χ1n) is 6.73. The molecule has 0 unspecified atom stereocenters. The molecule has 0 aromatic heterocycles. The molecular weight excluding hydrogens is 308 g/mol. The molecule has 0 amide bonds. The van der Waals surface area contributed by atoms with Crippen molar-refractivity contribution < 1.29 is 14.2 Å². The topological polar surface area (TPSA) is 27.7 Å². The third-order valence-corrected chi connectivity index (χ3v) is 3.62. The van der Waals surface area contributed by atoms with Gasteiger partial charge in [0, 0.05) is 11.4 Å². The third kappa shape index (κ3) is 3.86. The minimum absolute atomic E-state index is 0.0354. The highest BCUT2D eigenvalue weighted by Gasteiger charge is 2.21. The van der Waals surface area contributed by atoms with Gasteiger partial charge in [-0.2, -0.15) is 0 Å². The first-order chi connectivity index (χ1) is 9.08. The second kappa shape index (κ2) is 6.62. The van der Waals surface area contributed by atoms with Crippen molar-refractivity contribution in [3.05, 3.63) is 23.8 Å². The van der Waals surface area contributed by atoms with E-state index in [1.807, 2.05) is 18.2 Å². The zero-order valence-electron chi connectivity index (χ0n) is 11.7. The summed E-state index contributed by atoms with van der Waals surface area (Å²) in [4.78, 5) is 0.250. The lowest BCUT2D eigenvalue weighted by Crippen LogP contribution is -2.14. The Balaban J connectivity index is 2.06. The zero-order valence-corrected chi connectivity index (χ0v) is 13.3. The van der Waals surface area contributed by atoms with Gasteiger partial charge in [-0.05, 0) is 37.0 Å². The maximum Gasteiger partial charge on any atom is 0.231 e. The van der Waals surface area contributed by atoms with Gasteiger partial charge in [0.05, 0.1) is 6.10 Å². The number of rotatable bonds is 6. The number of fused-ring (bicyclic) bond motifs is 1. The minimum Gasteiger partial charge on any atom is -0.454 e. The Morgan fingerprint density at radius 1 is 1.21 bits per heavy atom. The molecule has 2 rings (SSSR count). The molecule has 0 N–H and O–H groups in total. The second-order valence-electron chi connectivity index (χ2n) is 5.26. The van der Waals surface area contributed by atoms with Crippen LogP contribution in [0.15, 0.2) is 18.2 Å².